The van der Waals surface area contributed by atoms with E-state index in [0.717, 1.165) is 11.1 Å². The fourth-order valence-electron chi connectivity index (χ4n) is 5.51. The van der Waals surface area contributed by atoms with Gasteiger partial charge in [0.15, 0.2) is 0 Å². The Labute approximate surface area is 218 Å². The van der Waals surface area contributed by atoms with Gasteiger partial charge in [-0.15, -0.1) is 0 Å². The number of likely N-dealkylation sites (tertiary alicyclic amines) is 1. The van der Waals surface area contributed by atoms with Crippen molar-refractivity contribution in [2.24, 2.45) is 11.3 Å². The molecule has 3 rings (SSSR count). The monoisotopic (exact) mass is 519 g/mol. The number of hydrogen-bond acceptors (Lipinski definition) is 3. The molecular formula is C28H35Cl2NO4. The van der Waals surface area contributed by atoms with Crippen LogP contribution < -0.4 is 0 Å². The number of halogens is 2. The molecule has 5 atom stereocenters. The lowest BCUT2D eigenvalue weighted by molar-refractivity contribution is -0.164. The highest BCUT2D eigenvalue weighted by Crippen LogP contribution is 2.53. The van der Waals surface area contributed by atoms with E-state index in [1.54, 1.807) is 39.0 Å². The number of nitrogens with zero attached hydrogens (tertiary/aromatic N) is 1. The van der Waals surface area contributed by atoms with Gasteiger partial charge in [-0.25, -0.2) is 0 Å². The van der Waals surface area contributed by atoms with Gasteiger partial charge in [-0.05, 0) is 62.1 Å². The zero-order valence-electron chi connectivity index (χ0n) is 21.0. The summed E-state index contributed by atoms with van der Waals surface area (Å²) in [7, 11) is 0. The number of carboxylic acids is 1. The van der Waals surface area contributed by atoms with Crippen molar-refractivity contribution in [3.63, 3.8) is 0 Å². The molecule has 0 radical (unpaired) electrons. The van der Waals surface area contributed by atoms with Crippen LogP contribution in [0.25, 0.3) is 0 Å². The van der Waals surface area contributed by atoms with Crippen LogP contribution in [0.2, 0.25) is 10.0 Å². The maximum atomic E-state index is 14.2. The van der Waals surface area contributed by atoms with Gasteiger partial charge in [-0.1, -0.05) is 68.2 Å². The lowest BCUT2D eigenvalue weighted by atomic mass is 9.66. The number of hydrogen-bond donors (Lipinski definition) is 2. The summed E-state index contributed by atoms with van der Waals surface area (Å²) >= 11 is 12.6. The molecule has 0 aliphatic carbocycles. The van der Waals surface area contributed by atoms with Gasteiger partial charge in [-0.3, -0.25) is 9.59 Å². The van der Waals surface area contributed by atoms with E-state index >= 15 is 0 Å². The molecule has 2 unspecified atom stereocenters. The summed E-state index contributed by atoms with van der Waals surface area (Å²) in [5, 5.41) is 21.8. The van der Waals surface area contributed by atoms with E-state index in [2.05, 4.69) is 0 Å². The van der Waals surface area contributed by atoms with Gasteiger partial charge in [0.1, 0.15) is 0 Å². The van der Waals surface area contributed by atoms with E-state index in [4.69, 9.17) is 23.2 Å². The Kier molecular flexibility index (Phi) is 8.25. The van der Waals surface area contributed by atoms with E-state index in [-0.39, 0.29) is 36.2 Å². The van der Waals surface area contributed by atoms with Gasteiger partial charge in [0.2, 0.25) is 5.91 Å². The van der Waals surface area contributed by atoms with Crippen molar-refractivity contribution in [2.45, 2.75) is 77.5 Å². The SMILES string of the molecule is CCC([C@H](C)C(C)(C)O)N1C(=O)[C@@](C)(CC(=O)O)C[C@H](c2cccc(Cl)c2)C1c1ccc(Cl)cc1. The number of aliphatic hydroxyl groups is 1. The second-order valence-corrected chi connectivity index (χ2v) is 11.5. The second-order valence-electron chi connectivity index (χ2n) is 10.6. The van der Waals surface area contributed by atoms with Crippen molar-refractivity contribution >= 4 is 35.1 Å². The van der Waals surface area contributed by atoms with Gasteiger partial charge in [0.05, 0.1) is 23.5 Å². The predicted octanol–water partition coefficient (Wildman–Crippen LogP) is 6.72. The van der Waals surface area contributed by atoms with Crippen LogP contribution in [-0.2, 0) is 9.59 Å². The Morgan fingerprint density at radius 3 is 2.29 bits per heavy atom. The van der Waals surface area contributed by atoms with Crippen molar-refractivity contribution in [3.8, 4) is 0 Å². The van der Waals surface area contributed by atoms with Crippen LogP contribution in [0.5, 0.6) is 0 Å². The van der Waals surface area contributed by atoms with Crippen molar-refractivity contribution in [2.75, 3.05) is 0 Å². The average Bonchev–Trinajstić information content (AvgIpc) is 2.76. The van der Waals surface area contributed by atoms with Gasteiger partial charge >= 0.3 is 5.97 Å². The minimum absolute atomic E-state index is 0.207. The van der Waals surface area contributed by atoms with E-state index < -0.39 is 17.0 Å². The molecule has 0 spiro atoms. The van der Waals surface area contributed by atoms with Crippen LogP contribution in [0.15, 0.2) is 48.5 Å². The Hall–Kier alpha value is -2.08. The van der Waals surface area contributed by atoms with E-state index in [9.17, 15) is 19.8 Å². The van der Waals surface area contributed by atoms with E-state index in [1.807, 2.05) is 49.1 Å². The number of carbonyl (C=O) groups excluding carboxylic acids is 1. The average molecular weight is 520 g/mol. The Morgan fingerprint density at radius 1 is 1.14 bits per heavy atom. The molecule has 190 valence electrons. The summed E-state index contributed by atoms with van der Waals surface area (Å²) in [6.45, 7) is 9.18. The third-order valence-corrected chi connectivity index (χ3v) is 8.09. The molecule has 1 aliphatic rings. The van der Waals surface area contributed by atoms with Crippen LogP contribution in [0.4, 0.5) is 0 Å². The molecule has 0 bridgehead atoms. The number of rotatable bonds is 8. The van der Waals surface area contributed by atoms with Gasteiger partial charge < -0.3 is 15.1 Å². The number of benzene rings is 2. The van der Waals surface area contributed by atoms with E-state index in [1.165, 1.54) is 0 Å². The van der Waals surface area contributed by atoms with Gasteiger partial charge in [0, 0.05) is 27.9 Å². The summed E-state index contributed by atoms with van der Waals surface area (Å²) < 4.78 is 0. The topological polar surface area (TPSA) is 77.8 Å². The lowest BCUT2D eigenvalue weighted by Gasteiger charge is -2.54. The van der Waals surface area contributed by atoms with Gasteiger partial charge in [-0.2, -0.15) is 0 Å². The highest BCUT2D eigenvalue weighted by Gasteiger charge is 2.53. The summed E-state index contributed by atoms with van der Waals surface area (Å²) in [5.74, 6) is -1.70. The number of amides is 1. The first kappa shape index (κ1) is 27.5. The molecule has 1 heterocycles. The third kappa shape index (κ3) is 5.84. The quantitative estimate of drug-likeness (QED) is 0.405. The molecule has 2 aromatic carbocycles. The zero-order chi connectivity index (χ0) is 26.1. The molecule has 0 saturated carbocycles. The third-order valence-electron chi connectivity index (χ3n) is 7.60. The minimum Gasteiger partial charge on any atom is -0.481 e. The van der Waals surface area contributed by atoms with Crippen LogP contribution in [0.3, 0.4) is 0 Å². The molecular weight excluding hydrogens is 485 g/mol. The summed E-state index contributed by atoms with van der Waals surface area (Å²) in [6, 6.07) is 14.3. The summed E-state index contributed by atoms with van der Waals surface area (Å²) in [5.41, 5.74) is -0.310. The number of aliphatic carboxylic acids is 1. The van der Waals surface area contributed by atoms with Crippen LogP contribution in [-0.4, -0.2) is 38.6 Å². The minimum atomic E-state index is -1.12. The zero-order valence-corrected chi connectivity index (χ0v) is 22.5. The Balaban J connectivity index is 2.28. The smallest absolute Gasteiger partial charge is 0.304 e. The molecule has 2 N–H and O–H groups in total. The molecule has 1 amide bonds. The first-order chi connectivity index (χ1) is 16.3. The first-order valence-electron chi connectivity index (χ1n) is 12.1. The molecule has 5 nitrogen and oxygen atoms in total. The van der Waals surface area contributed by atoms with Crippen molar-refractivity contribution in [3.05, 3.63) is 69.7 Å². The maximum Gasteiger partial charge on any atom is 0.304 e. The molecule has 1 fully saturated rings. The Morgan fingerprint density at radius 2 is 1.77 bits per heavy atom. The van der Waals surface area contributed by atoms with Crippen LogP contribution in [0.1, 0.15) is 77.0 Å². The van der Waals surface area contributed by atoms with Crippen LogP contribution >= 0.6 is 23.2 Å². The first-order valence-corrected chi connectivity index (χ1v) is 12.8. The predicted molar refractivity (Wildman–Crippen MR) is 140 cm³/mol. The molecule has 0 aromatic heterocycles. The highest BCUT2D eigenvalue weighted by molar-refractivity contribution is 6.30. The molecule has 7 heteroatoms. The fourth-order valence-corrected chi connectivity index (χ4v) is 5.83. The fraction of sp³-hybridized carbons (Fsp3) is 0.500. The van der Waals surface area contributed by atoms with Crippen molar-refractivity contribution in [1.29, 1.82) is 0 Å². The molecule has 1 saturated heterocycles. The summed E-state index contributed by atoms with van der Waals surface area (Å²) in [4.78, 5) is 28.0. The summed E-state index contributed by atoms with van der Waals surface area (Å²) in [6.07, 6.45) is 0.683. The normalized spacial score (nSPS) is 24.8. The molecule has 35 heavy (non-hydrogen) atoms. The lowest BCUT2D eigenvalue weighted by Crippen LogP contribution is -2.59. The standard InChI is InChI=1S/C28H35Cl2NO4/c1-6-23(17(2)27(3,4)35)31-25(18-10-12-20(29)13-11-18)22(19-8-7-9-21(30)14-19)15-28(5,26(31)34)16-24(32)33/h7-14,17,22-23,25,35H,6,15-16H2,1-5H3,(H,32,33)/t17-,22+,23?,25?,28+/m0/s1. The largest absolute Gasteiger partial charge is 0.481 e. The number of carbonyl (C=O) groups is 2. The van der Waals surface area contributed by atoms with E-state index in [0.29, 0.717) is 22.9 Å². The Bertz CT molecular complexity index is 1070. The van der Waals surface area contributed by atoms with Crippen molar-refractivity contribution < 1.29 is 19.8 Å². The molecule has 2 aromatic rings. The van der Waals surface area contributed by atoms with Crippen molar-refractivity contribution in [1.82, 2.24) is 4.90 Å². The maximum absolute atomic E-state index is 14.2. The molecule has 1 aliphatic heterocycles. The van der Waals surface area contributed by atoms with Gasteiger partial charge in [0.25, 0.3) is 0 Å². The highest BCUT2D eigenvalue weighted by atomic mass is 35.5. The number of carboxylic acid groups (broad SMARTS) is 1. The second kappa shape index (κ2) is 10.5. The van der Waals surface area contributed by atoms with Crippen LogP contribution in [0, 0.1) is 11.3 Å². The number of piperidine rings is 1.